The number of alkyl carbamates (subject to hydrolysis) is 1. The number of phenolic OH excluding ortho intramolecular Hbond substituents is 2. The molecule has 2 amide bonds. The van der Waals surface area contributed by atoms with Gasteiger partial charge in [-0.25, -0.2) is 9.18 Å². The van der Waals surface area contributed by atoms with Crippen LogP contribution in [-0.4, -0.2) is 73.0 Å². The number of fused-ring (bicyclic) bond motifs is 2. The molecule has 2 bridgehead atoms. The molecule has 1 aromatic rings. The lowest BCUT2D eigenvalue weighted by Gasteiger charge is -2.26. The number of benzene rings is 1. The monoisotopic (exact) mass is 563 g/mol. The third-order valence-corrected chi connectivity index (χ3v) is 6.80. The number of carbonyl (C=O) groups is 2. The summed E-state index contributed by atoms with van der Waals surface area (Å²) in [7, 11) is 2.92. The molecular weight excluding hydrogens is 521 g/mol. The van der Waals surface area contributed by atoms with E-state index in [0.29, 0.717) is 36.8 Å². The second kappa shape index (κ2) is 15.9. The van der Waals surface area contributed by atoms with Gasteiger partial charge in [0.15, 0.2) is 6.10 Å². The lowest BCUT2D eigenvalue weighted by atomic mass is 9.93. The Morgan fingerprint density at radius 3 is 2.62 bits per heavy atom. The highest BCUT2D eigenvalue weighted by Gasteiger charge is 2.26. The standard InChI is InChI=1S/C29H42FN3O7/c1-17-9-8-12-24(39-5)27(40-29(38)31-4)19(3)15-18(2)22(34)11-7-6-10-20-25(32-14-13-30)23(35)16-21(26(20)36)33-28(17)37/h8-9,12,15-16,18,22,24,27,32,34-36H,6-7,10-11,13-14H2,1-5H3,(H,31,38)(H,33,37)/b12-8-,17-9+,19-15+/t18-,22-,24-,27-/m0/s1. The summed E-state index contributed by atoms with van der Waals surface area (Å²) in [6, 6.07) is 1.21. The predicted octanol–water partition coefficient (Wildman–Crippen LogP) is 4.33. The highest BCUT2D eigenvalue weighted by Crippen LogP contribution is 2.41. The van der Waals surface area contributed by atoms with Crippen LogP contribution in [0.15, 0.2) is 41.5 Å². The third-order valence-electron chi connectivity index (χ3n) is 6.80. The smallest absolute Gasteiger partial charge is 0.407 e. The van der Waals surface area contributed by atoms with Gasteiger partial charge in [0.2, 0.25) is 0 Å². The average Bonchev–Trinajstić information content (AvgIpc) is 2.92. The predicted molar refractivity (Wildman–Crippen MR) is 152 cm³/mol. The molecule has 1 aromatic carbocycles. The molecule has 1 aliphatic heterocycles. The number of aliphatic hydroxyl groups is 1. The maximum absolute atomic E-state index is 12.9. The molecule has 0 unspecified atom stereocenters. The van der Waals surface area contributed by atoms with Crippen LogP contribution in [-0.2, 0) is 20.7 Å². The van der Waals surface area contributed by atoms with Crippen molar-refractivity contribution in [3.63, 3.8) is 0 Å². The van der Waals surface area contributed by atoms with E-state index in [-0.39, 0.29) is 40.9 Å². The summed E-state index contributed by atoms with van der Waals surface area (Å²) in [6.07, 6.45) is 5.66. The van der Waals surface area contributed by atoms with Gasteiger partial charge < -0.3 is 40.7 Å². The number of ether oxygens (including phenoxy) is 2. The van der Waals surface area contributed by atoms with Crippen LogP contribution in [0.3, 0.4) is 0 Å². The van der Waals surface area contributed by atoms with Gasteiger partial charge in [-0.3, -0.25) is 4.79 Å². The Balaban J connectivity index is 2.52. The van der Waals surface area contributed by atoms with Crippen LogP contribution >= 0.6 is 0 Å². The number of hydrogen-bond acceptors (Lipinski definition) is 8. The topological polar surface area (TPSA) is 149 Å². The van der Waals surface area contributed by atoms with E-state index in [1.165, 1.54) is 26.3 Å². The van der Waals surface area contributed by atoms with E-state index in [1.807, 2.05) is 13.0 Å². The second-order valence-corrected chi connectivity index (χ2v) is 9.81. The van der Waals surface area contributed by atoms with Gasteiger partial charge in [-0.15, -0.1) is 0 Å². The van der Waals surface area contributed by atoms with E-state index < -0.39 is 37.0 Å². The number of methoxy groups -OCH3 is 1. The lowest BCUT2D eigenvalue weighted by molar-refractivity contribution is -0.112. The number of hydrogen-bond donors (Lipinski definition) is 6. The summed E-state index contributed by atoms with van der Waals surface area (Å²) in [5.41, 5.74) is 1.54. The van der Waals surface area contributed by atoms with Crippen molar-refractivity contribution in [3.8, 4) is 11.5 Å². The Bertz CT molecular complexity index is 1120. The molecule has 2 rings (SSSR count). The van der Waals surface area contributed by atoms with E-state index >= 15 is 0 Å². The van der Waals surface area contributed by atoms with Crippen molar-refractivity contribution in [3.05, 3.63) is 47.1 Å². The molecule has 0 aliphatic carbocycles. The first-order valence-electron chi connectivity index (χ1n) is 13.4. The normalized spacial score (nSPS) is 26.4. The Labute approximate surface area is 234 Å². The number of aliphatic hydroxyl groups excluding tert-OH is 1. The fraction of sp³-hybridized carbons (Fsp3) is 0.517. The number of anilines is 2. The van der Waals surface area contributed by atoms with Gasteiger partial charge in [0.05, 0.1) is 17.5 Å². The molecular formula is C29H42FN3O7. The number of rotatable bonds is 5. The molecule has 1 aliphatic rings. The van der Waals surface area contributed by atoms with Gasteiger partial charge in [0.25, 0.3) is 5.91 Å². The van der Waals surface area contributed by atoms with Crippen molar-refractivity contribution in [2.24, 2.45) is 5.92 Å². The van der Waals surface area contributed by atoms with Gasteiger partial charge in [0.1, 0.15) is 24.3 Å². The van der Waals surface area contributed by atoms with E-state index in [4.69, 9.17) is 9.47 Å². The van der Waals surface area contributed by atoms with Crippen molar-refractivity contribution in [1.29, 1.82) is 0 Å². The summed E-state index contributed by atoms with van der Waals surface area (Å²) in [5, 5.41) is 40.3. The number of nitrogens with one attached hydrogen (secondary N) is 3. The van der Waals surface area contributed by atoms with Gasteiger partial charge in [0, 0.05) is 43.8 Å². The molecule has 11 heteroatoms. The van der Waals surface area contributed by atoms with Crippen LogP contribution in [0.5, 0.6) is 11.5 Å². The molecule has 10 nitrogen and oxygen atoms in total. The molecule has 0 fully saturated rings. The molecule has 0 aromatic heterocycles. The minimum atomic E-state index is -0.794. The van der Waals surface area contributed by atoms with Crippen LogP contribution in [0, 0.1) is 5.92 Å². The van der Waals surface area contributed by atoms with Crippen molar-refractivity contribution in [2.45, 2.75) is 64.8 Å². The van der Waals surface area contributed by atoms with Gasteiger partial charge in [-0.2, -0.15) is 0 Å². The zero-order valence-electron chi connectivity index (χ0n) is 23.8. The second-order valence-electron chi connectivity index (χ2n) is 9.81. The van der Waals surface area contributed by atoms with Crippen LogP contribution in [0.4, 0.5) is 20.6 Å². The fourth-order valence-corrected chi connectivity index (χ4v) is 4.46. The van der Waals surface area contributed by atoms with Crippen LogP contribution in [0.1, 0.15) is 45.6 Å². The van der Waals surface area contributed by atoms with Gasteiger partial charge >= 0.3 is 6.09 Å². The Morgan fingerprint density at radius 2 is 1.98 bits per heavy atom. The number of aromatic hydroxyl groups is 2. The summed E-state index contributed by atoms with van der Waals surface area (Å²) in [5.74, 6) is -1.25. The summed E-state index contributed by atoms with van der Waals surface area (Å²) < 4.78 is 24.0. The van der Waals surface area contributed by atoms with Crippen molar-refractivity contribution in [2.75, 3.05) is 38.0 Å². The van der Waals surface area contributed by atoms with Crippen LogP contribution in [0.25, 0.3) is 0 Å². The molecule has 6 N–H and O–H groups in total. The molecule has 0 spiro atoms. The lowest BCUT2D eigenvalue weighted by Crippen LogP contribution is -2.36. The Morgan fingerprint density at radius 1 is 1.25 bits per heavy atom. The fourth-order valence-electron chi connectivity index (χ4n) is 4.46. The number of carbonyl (C=O) groups excluding carboxylic acids is 2. The Hall–Kier alpha value is -3.57. The van der Waals surface area contributed by atoms with Crippen molar-refractivity contribution < 1.29 is 38.8 Å². The first-order chi connectivity index (χ1) is 19.0. The number of phenols is 2. The minimum absolute atomic E-state index is 0.0141. The number of allylic oxidation sites excluding steroid dienone is 2. The van der Waals surface area contributed by atoms with Gasteiger partial charge in [-0.1, -0.05) is 37.6 Å². The molecule has 0 saturated carbocycles. The Kier molecular flexibility index (Phi) is 13.0. The van der Waals surface area contributed by atoms with Crippen molar-refractivity contribution >= 4 is 23.4 Å². The van der Waals surface area contributed by atoms with Gasteiger partial charge in [-0.05, 0) is 38.7 Å². The molecule has 0 radical (unpaired) electrons. The molecule has 40 heavy (non-hydrogen) atoms. The molecule has 0 saturated heterocycles. The highest BCUT2D eigenvalue weighted by molar-refractivity contribution is 6.04. The largest absolute Gasteiger partial charge is 0.506 e. The van der Waals surface area contributed by atoms with E-state index in [9.17, 15) is 29.3 Å². The zero-order chi connectivity index (χ0) is 29.8. The summed E-state index contributed by atoms with van der Waals surface area (Å²) in [4.78, 5) is 25.0. The highest BCUT2D eigenvalue weighted by atomic mass is 19.1. The first-order valence-corrected chi connectivity index (χ1v) is 13.4. The zero-order valence-corrected chi connectivity index (χ0v) is 23.8. The van der Waals surface area contributed by atoms with E-state index in [0.717, 1.165) is 0 Å². The average molecular weight is 564 g/mol. The number of amides is 2. The number of halogens is 1. The quantitative estimate of drug-likeness (QED) is 0.176. The molecule has 222 valence electrons. The summed E-state index contributed by atoms with van der Waals surface area (Å²) >= 11 is 0. The van der Waals surface area contributed by atoms with Crippen LogP contribution in [0.2, 0.25) is 0 Å². The van der Waals surface area contributed by atoms with Crippen LogP contribution < -0.4 is 16.0 Å². The van der Waals surface area contributed by atoms with E-state index in [1.54, 1.807) is 26.0 Å². The van der Waals surface area contributed by atoms with E-state index in [2.05, 4.69) is 16.0 Å². The number of alkyl halides is 1. The molecule has 1 heterocycles. The summed E-state index contributed by atoms with van der Waals surface area (Å²) in [6.45, 7) is 4.49. The minimum Gasteiger partial charge on any atom is -0.506 e. The maximum atomic E-state index is 12.9. The first kappa shape index (κ1) is 32.6. The maximum Gasteiger partial charge on any atom is 0.407 e. The third kappa shape index (κ3) is 8.99. The van der Waals surface area contributed by atoms with Crippen molar-refractivity contribution in [1.82, 2.24) is 5.32 Å². The molecule has 4 atom stereocenters. The SMILES string of the molecule is CNC(=O)O[C@H]1/C(C)=C/[C@H](C)[C@@H](O)CCCCc2c(O)c(cc(O)c2NCCF)NC(=O)/C(C)=C/C=C\[C@@H]1OC.